The molecule has 0 aliphatic carbocycles. The molecule has 2 amide bonds. The quantitative estimate of drug-likeness (QED) is 0.371. The Labute approximate surface area is 201 Å². The average molecular weight is 483 g/mol. The van der Waals surface area contributed by atoms with Gasteiger partial charge in [0.05, 0.1) is 24.2 Å². The van der Waals surface area contributed by atoms with Crippen molar-refractivity contribution < 1.29 is 23.9 Å². The van der Waals surface area contributed by atoms with Gasteiger partial charge in [0.1, 0.15) is 10.9 Å². The fourth-order valence-electron chi connectivity index (χ4n) is 3.05. The van der Waals surface area contributed by atoms with Crippen LogP contribution < -0.4 is 15.4 Å². The largest absolute Gasteiger partial charge is 0.495 e. The summed E-state index contributed by atoms with van der Waals surface area (Å²) in [5.74, 6) is -1.18. The van der Waals surface area contributed by atoms with Gasteiger partial charge in [-0.25, -0.2) is 9.48 Å². The first-order valence-corrected chi connectivity index (χ1v) is 10.6. The Morgan fingerprint density at radius 2 is 1.85 bits per heavy atom. The molecular weight excluding hydrogens is 460 g/mol. The molecule has 0 saturated heterocycles. The maximum Gasteiger partial charge on any atom is 0.331 e. The summed E-state index contributed by atoms with van der Waals surface area (Å²) in [4.78, 5) is 35.7. The van der Waals surface area contributed by atoms with Gasteiger partial charge in [0.15, 0.2) is 6.61 Å². The number of hydrogen-bond donors (Lipinski definition) is 2. The van der Waals surface area contributed by atoms with Crippen molar-refractivity contribution in [3.8, 4) is 11.4 Å². The number of esters is 1. The van der Waals surface area contributed by atoms with Crippen molar-refractivity contribution in [2.24, 2.45) is 0 Å². The summed E-state index contributed by atoms with van der Waals surface area (Å²) < 4.78 is 11.8. The Morgan fingerprint density at radius 3 is 2.53 bits per heavy atom. The molecule has 176 valence electrons. The van der Waals surface area contributed by atoms with Crippen LogP contribution in [0.5, 0.6) is 5.75 Å². The lowest BCUT2D eigenvalue weighted by molar-refractivity contribution is -0.142. The van der Waals surface area contributed by atoms with E-state index in [1.807, 2.05) is 30.3 Å². The number of aryl methyl sites for hydroxylation is 1. The molecule has 3 aromatic rings. The summed E-state index contributed by atoms with van der Waals surface area (Å²) in [5.41, 5.74) is 2.77. The second-order valence-electron chi connectivity index (χ2n) is 7.12. The third-order valence-corrected chi connectivity index (χ3v) is 4.94. The van der Waals surface area contributed by atoms with Crippen LogP contribution in [0.2, 0.25) is 5.15 Å². The number of halogens is 1. The Bertz CT molecular complexity index is 1240. The Morgan fingerprint density at radius 1 is 1.12 bits per heavy atom. The Hall–Kier alpha value is -4.11. The molecule has 0 unspecified atom stereocenters. The predicted octanol–water partition coefficient (Wildman–Crippen LogP) is 4.00. The molecule has 0 radical (unpaired) electrons. The average Bonchev–Trinajstić information content (AvgIpc) is 3.10. The fraction of sp³-hybridized carbons (Fsp3) is 0.167. The second-order valence-corrected chi connectivity index (χ2v) is 7.48. The van der Waals surface area contributed by atoms with Crippen molar-refractivity contribution in [2.45, 2.75) is 13.8 Å². The Balaban J connectivity index is 1.61. The molecule has 0 aliphatic rings. The van der Waals surface area contributed by atoms with E-state index < -0.39 is 18.5 Å². The van der Waals surface area contributed by atoms with E-state index in [1.54, 1.807) is 23.7 Å². The van der Waals surface area contributed by atoms with E-state index in [9.17, 15) is 14.4 Å². The number of anilines is 2. The zero-order chi connectivity index (χ0) is 24.7. The summed E-state index contributed by atoms with van der Waals surface area (Å²) in [6.07, 6.45) is 2.67. The minimum Gasteiger partial charge on any atom is -0.495 e. The number of aromatic nitrogens is 2. The first-order chi connectivity index (χ1) is 16.3. The summed E-state index contributed by atoms with van der Waals surface area (Å²) in [7, 11) is 1.45. The molecule has 9 nitrogen and oxygen atoms in total. The van der Waals surface area contributed by atoms with Crippen molar-refractivity contribution in [3.63, 3.8) is 0 Å². The SMILES string of the molecule is COc1ccc(NC(C)=O)cc1NC(=O)COC(=O)/C=C/c1c(C)nn(-c2ccccc2)c1Cl. The van der Waals surface area contributed by atoms with E-state index in [0.29, 0.717) is 33.5 Å². The molecule has 34 heavy (non-hydrogen) atoms. The molecule has 0 bridgehead atoms. The number of nitrogens with zero attached hydrogens (tertiary/aromatic N) is 2. The molecule has 0 saturated carbocycles. The minimum atomic E-state index is -0.725. The molecule has 10 heteroatoms. The molecule has 0 fully saturated rings. The van der Waals surface area contributed by atoms with Crippen molar-refractivity contribution in [1.82, 2.24) is 9.78 Å². The topological polar surface area (TPSA) is 112 Å². The van der Waals surface area contributed by atoms with Crippen molar-refractivity contribution in [2.75, 3.05) is 24.4 Å². The van der Waals surface area contributed by atoms with Gasteiger partial charge in [0.25, 0.3) is 5.91 Å². The molecule has 3 rings (SSSR count). The number of para-hydroxylation sites is 1. The highest BCUT2D eigenvalue weighted by molar-refractivity contribution is 6.31. The van der Waals surface area contributed by atoms with Gasteiger partial charge < -0.3 is 20.1 Å². The van der Waals surface area contributed by atoms with Crippen LogP contribution in [0, 0.1) is 6.92 Å². The number of hydrogen-bond acceptors (Lipinski definition) is 6. The maximum absolute atomic E-state index is 12.3. The van der Waals surface area contributed by atoms with Crippen LogP contribution in [-0.4, -0.2) is 41.3 Å². The lowest BCUT2D eigenvalue weighted by atomic mass is 10.2. The highest BCUT2D eigenvalue weighted by Gasteiger charge is 2.14. The zero-order valence-electron chi connectivity index (χ0n) is 18.8. The molecule has 0 spiro atoms. The number of carbonyl (C=O) groups is 3. The molecule has 1 heterocycles. The molecule has 0 atom stereocenters. The van der Waals surface area contributed by atoms with Crippen LogP contribution in [0.4, 0.5) is 11.4 Å². The summed E-state index contributed by atoms with van der Waals surface area (Å²) >= 11 is 6.43. The Kier molecular flexibility index (Phi) is 8.05. The van der Waals surface area contributed by atoms with Gasteiger partial charge in [-0.15, -0.1) is 0 Å². The normalized spacial score (nSPS) is 10.7. The first kappa shape index (κ1) is 24.5. The highest BCUT2D eigenvalue weighted by atomic mass is 35.5. The third kappa shape index (κ3) is 6.23. The van der Waals surface area contributed by atoms with Crippen molar-refractivity contribution >= 4 is 46.8 Å². The van der Waals surface area contributed by atoms with E-state index in [4.69, 9.17) is 21.1 Å². The van der Waals surface area contributed by atoms with E-state index in [-0.39, 0.29) is 5.91 Å². The summed E-state index contributed by atoms with van der Waals surface area (Å²) in [5, 5.41) is 9.95. The van der Waals surface area contributed by atoms with Crippen LogP contribution in [0.25, 0.3) is 11.8 Å². The summed E-state index contributed by atoms with van der Waals surface area (Å²) in [6, 6.07) is 14.1. The van der Waals surface area contributed by atoms with Crippen LogP contribution >= 0.6 is 11.6 Å². The second kappa shape index (κ2) is 11.2. The molecule has 2 N–H and O–H groups in total. The third-order valence-electron chi connectivity index (χ3n) is 4.57. The zero-order valence-corrected chi connectivity index (χ0v) is 19.6. The number of carbonyl (C=O) groups excluding carboxylic acids is 3. The molecular formula is C24H23ClN4O5. The monoisotopic (exact) mass is 482 g/mol. The molecule has 2 aromatic carbocycles. The van der Waals surface area contributed by atoms with Gasteiger partial charge in [-0.3, -0.25) is 9.59 Å². The smallest absolute Gasteiger partial charge is 0.331 e. The number of methoxy groups -OCH3 is 1. The number of rotatable bonds is 8. The van der Waals surface area contributed by atoms with Crippen LogP contribution in [0.15, 0.2) is 54.6 Å². The standard InChI is InChI=1S/C24H23ClN4O5/c1-15-19(24(25)29(28-15)18-7-5-4-6-8-18)10-12-23(32)34-14-22(31)27-20-13-17(26-16(2)30)9-11-21(20)33-3/h4-13H,14H2,1-3H3,(H,26,30)(H,27,31)/b12-10+. The van der Waals surface area contributed by atoms with E-state index in [1.165, 1.54) is 32.3 Å². The number of amides is 2. The van der Waals surface area contributed by atoms with Crippen LogP contribution in [-0.2, 0) is 19.1 Å². The van der Waals surface area contributed by atoms with Crippen molar-refractivity contribution in [1.29, 1.82) is 0 Å². The van der Waals surface area contributed by atoms with Gasteiger partial charge >= 0.3 is 5.97 Å². The van der Waals surface area contributed by atoms with Crippen LogP contribution in [0.3, 0.4) is 0 Å². The lowest BCUT2D eigenvalue weighted by Gasteiger charge is -2.12. The van der Waals surface area contributed by atoms with E-state index in [2.05, 4.69) is 15.7 Å². The fourth-order valence-corrected chi connectivity index (χ4v) is 3.39. The molecule has 0 aliphatic heterocycles. The first-order valence-electron chi connectivity index (χ1n) is 10.2. The number of nitrogens with one attached hydrogen (secondary N) is 2. The molecule has 1 aromatic heterocycles. The summed E-state index contributed by atoms with van der Waals surface area (Å²) in [6.45, 7) is 2.62. The predicted molar refractivity (Wildman–Crippen MR) is 129 cm³/mol. The number of ether oxygens (including phenoxy) is 2. The van der Waals surface area contributed by atoms with Gasteiger partial charge in [0, 0.05) is 24.3 Å². The number of benzene rings is 2. The van der Waals surface area contributed by atoms with E-state index in [0.717, 1.165) is 5.69 Å². The van der Waals surface area contributed by atoms with Gasteiger partial charge in [-0.1, -0.05) is 29.8 Å². The van der Waals surface area contributed by atoms with Gasteiger partial charge in [0.2, 0.25) is 5.91 Å². The van der Waals surface area contributed by atoms with Crippen molar-refractivity contribution in [3.05, 3.63) is 71.0 Å². The van der Waals surface area contributed by atoms with Gasteiger partial charge in [-0.2, -0.15) is 5.10 Å². The van der Waals surface area contributed by atoms with Gasteiger partial charge in [-0.05, 0) is 43.3 Å². The highest BCUT2D eigenvalue weighted by Crippen LogP contribution is 2.28. The maximum atomic E-state index is 12.3. The van der Waals surface area contributed by atoms with Crippen LogP contribution in [0.1, 0.15) is 18.2 Å². The lowest BCUT2D eigenvalue weighted by Crippen LogP contribution is -2.20. The van der Waals surface area contributed by atoms with E-state index >= 15 is 0 Å². The minimum absolute atomic E-state index is 0.257.